The van der Waals surface area contributed by atoms with Gasteiger partial charge in [0.25, 0.3) is 0 Å². The molecule has 2 aromatic rings. The monoisotopic (exact) mass is 526 g/mol. The summed E-state index contributed by atoms with van der Waals surface area (Å²) in [6, 6.07) is 1.43. The van der Waals surface area contributed by atoms with Gasteiger partial charge in [-0.1, -0.05) is 27.7 Å². The summed E-state index contributed by atoms with van der Waals surface area (Å²) in [6.45, 7) is 12.5. The summed E-state index contributed by atoms with van der Waals surface area (Å²) < 4.78 is 37.2. The lowest BCUT2D eigenvalue weighted by atomic mass is 10.5. The topological polar surface area (TPSA) is 81.8 Å². The first-order valence-electron chi connectivity index (χ1n) is 13.3. The van der Waals surface area contributed by atoms with E-state index in [0.29, 0.717) is 38.5 Å². The molecule has 0 amide bonds. The molecule has 0 spiro atoms. The number of hydrogen-bond donors (Lipinski definition) is 0. The summed E-state index contributed by atoms with van der Waals surface area (Å²) in [5.74, 6) is 0. The van der Waals surface area contributed by atoms with Crippen LogP contribution >= 0.6 is 0 Å². The van der Waals surface area contributed by atoms with Gasteiger partial charge in [-0.15, -0.1) is 0 Å². The Balaban J connectivity index is 2.25. The molecule has 0 fully saturated rings. The molecule has 0 aliphatic carbocycles. The van der Waals surface area contributed by atoms with Crippen LogP contribution in [0.2, 0.25) is 12.1 Å². The molecule has 2 heterocycles. The van der Waals surface area contributed by atoms with Crippen molar-refractivity contribution in [2.75, 3.05) is 26.4 Å². The fourth-order valence-electron chi connectivity index (χ4n) is 3.65. The lowest BCUT2D eigenvalue weighted by Gasteiger charge is -2.38. The highest BCUT2D eigenvalue weighted by atomic mass is 28.5. The van der Waals surface area contributed by atoms with Crippen molar-refractivity contribution >= 4 is 17.6 Å². The lowest BCUT2D eigenvalue weighted by Crippen LogP contribution is -2.59. The zero-order valence-corrected chi connectivity index (χ0v) is 24.2. The summed E-state index contributed by atoms with van der Waals surface area (Å²) in [5, 5.41) is 0. The molecule has 0 atom stereocenters. The summed E-state index contributed by atoms with van der Waals surface area (Å²) >= 11 is 0. The minimum atomic E-state index is -3.06. The average Bonchev–Trinajstić information content (AvgIpc) is 3.58. The predicted molar refractivity (Wildman–Crippen MR) is 141 cm³/mol. The van der Waals surface area contributed by atoms with E-state index in [4.69, 9.17) is 21.8 Å². The Morgan fingerprint density at radius 1 is 0.600 bits per heavy atom. The Morgan fingerprint density at radius 3 is 1.26 bits per heavy atom. The maximum Gasteiger partial charge on any atom is 0.493 e. The highest BCUT2D eigenvalue weighted by Crippen LogP contribution is 2.29. The van der Waals surface area contributed by atoms with Gasteiger partial charge in [0.15, 0.2) is 0 Å². The molecule has 2 rings (SSSR count). The normalized spacial score (nSPS) is 12.5. The second-order valence-electron chi connectivity index (χ2n) is 8.67. The third kappa shape index (κ3) is 11.1. The fraction of sp³-hybridized carbons (Fsp3) is 0.750. The largest absolute Gasteiger partial charge is 0.493 e. The van der Waals surface area contributed by atoms with Crippen LogP contribution in [-0.4, -0.2) is 63.1 Å². The molecular formula is C24H46N4O5Si2. The molecule has 0 bridgehead atoms. The number of aryl methyl sites for hydroxylation is 2. The Morgan fingerprint density at radius 2 is 0.971 bits per heavy atom. The summed E-state index contributed by atoms with van der Waals surface area (Å²) in [4.78, 5) is 8.32. The number of nitrogens with zero attached hydrogens (tertiary/aromatic N) is 4. The van der Waals surface area contributed by atoms with Gasteiger partial charge in [-0.05, 0) is 38.5 Å². The van der Waals surface area contributed by atoms with Gasteiger partial charge in [-0.25, -0.2) is 9.97 Å². The maximum absolute atomic E-state index is 7.01. The van der Waals surface area contributed by atoms with Crippen LogP contribution in [-0.2, 0) is 34.9 Å². The smallest absolute Gasteiger partial charge is 0.374 e. The zero-order valence-electron chi connectivity index (χ0n) is 22.2. The Labute approximate surface area is 213 Å². The predicted octanol–water partition coefficient (Wildman–Crippen LogP) is 5.16. The molecule has 2 aromatic heterocycles. The highest BCUT2D eigenvalue weighted by molar-refractivity contribution is 6.75. The SMILES string of the molecule is CCCO[Si](CCCn1ccnc1)(OCCC)O[Si](CCCn1ccnc1)(OCCC)OCCC. The Kier molecular flexibility index (Phi) is 14.7. The van der Waals surface area contributed by atoms with Crippen molar-refractivity contribution in [1.29, 1.82) is 0 Å². The van der Waals surface area contributed by atoms with E-state index in [1.165, 1.54) is 0 Å². The third-order valence-corrected chi connectivity index (χ3v) is 12.3. The van der Waals surface area contributed by atoms with Gasteiger partial charge >= 0.3 is 17.6 Å². The zero-order chi connectivity index (χ0) is 25.2. The third-order valence-electron chi connectivity index (χ3n) is 5.33. The van der Waals surface area contributed by atoms with E-state index in [1.54, 1.807) is 12.4 Å². The van der Waals surface area contributed by atoms with Crippen LogP contribution in [0, 0.1) is 0 Å². The molecule has 0 aromatic carbocycles. The van der Waals surface area contributed by atoms with Crippen molar-refractivity contribution in [2.24, 2.45) is 0 Å². The van der Waals surface area contributed by atoms with E-state index in [9.17, 15) is 0 Å². The van der Waals surface area contributed by atoms with E-state index >= 15 is 0 Å². The highest BCUT2D eigenvalue weighted by Gasteiger charge is 2.53. The van der Waals surface area contributed by atoms with Crippen LogP contribution in [0.4, 0.5) is 0 Å². The fourth-order valence-corrected chi connectivity index (χ4v) is 11.3. The van der Waals surface area contributed by atoms with Gasteiger partial charge in [0.2, 0.25) is 0 Å². The first-order chi connectivity index (χ1) is 17.1. The van der Waals surface area contributed by atoms with Crippen LogP contribution < -0.4 is 0 Å². The molecule has 0 saturated carbocycles. The van der Waals surface area contributed by atoms with Gasteiger partial charge in [-0.2, -0.15) is 0 Å². The van der Waals surface area contributed by atoms with Crippen molar-refractivity contribution in [2.45, 2.75) is 91.4 Å². The number of rotatable bonds is 22. The second kappa shape index (κ2) is 17.2. The van der Waals surface area contributed by atoms with E-state index in [-0.39, 0.29) is 0 Å². The van der Waals surface area contributed by atoms with Crippen molar-refractivity contribution in [3.8, 4) is 0 Å². The van der Waals surface area contributed by atoms with Crippen LogP contribution in [0.1, 0.15) is 66.2 Å². The molecule has 0 aliphatic rings. The molecule has 0 N–H and O–H groups in total. The summed E-state index contributed by atoms with van der Waals surface area (Å²) in [5.41, 5.74) is 0. The van der Waals surface area contributed by atoms with Crippen LogP contribution in [0.5, 0.6) is 0 Å². The number of imidazole rings is 2. The van der Waals surface area contributed by atoms with E-state index in [0.717, 1.165) is 51.6 Å². The molecular weight excluding hydrogens is 480 g/mol. The standard InChI is InChI=1S/C24H46N4O5Si2/c1-5-17-29-34(30-18-6-2,21-9-13-27-15-11-25-23-27)33-35(31-19-7-3,32-20-8-4)22-10-14-28-16-12-26-24-28/h11-12,15-16,23-24H,5-10,13-14,17-22H2,1-4H3. The quantitative estimate of drug-likeness (QED) is 0.196. The van der Waals surface area contributed by atoms with Crippen molar-refractivity contribution < 1.29 is 21.8 Å². The van der Waals surface area contributed by atoms with Crippen molar-refractivity contribution in [3.63, 3.8) is 0 Å². The molecule has 0 saturated heterocycles. The van der Waals surface area contributed by atoms with Gasteiger partial charge < -0.3 is 31.0 Å². The van der Waals surface area contributed by atoms with Gasteiger partial charge in [0.05, 0.1) is 12.7 Å². The molecule has 35 heavy (non-hydrogen) atoms. The minimum Gasteiger partial charge on any atom is -0.374 e. The van der Waals surface area contributed by atoms with Crippen LogP contribution in [0.25, 0.3) is 0 Å². The van der Waals surface area contributed by atoms with Gasteiger partial charge in [0.1, 0.15) is 0 Å². The van der Waals surface area contributed by atoms with Gasteiger partial charge in [-0.3, -0.25) is 0 Å². The second-order valence-corrected chi connectivity index (χ2v) is 14.4. The summed E-state index contributed by atoms with van der Waals surface area (Å²) in [6.07, 6.45) is 16.6. The Hall–Kier alpha value is -1.35. The van der Waals surface area contributed by atoms with Crippen LogP contribution in [0.3, 0.4) is 0 Å². The van der Waals surface area contributed by atoms with E-state index in [2.05, 4.69) is 46.8 Å². The van der Waals surface area contributed by atoms with Crippen molar-refractivity contribution in [3.05, 3.63) is 37.4 Å². The van der Waals surface area contributed by atoms with Crippen molar-refractivity contribution in [1.82, 2.24) is 19.1 Å². The summed E-state index contributed by atoms with van der Waals surface area (Å²) in [7, 11) is -6.13. The minimum absolute atomic E-state index is 0.599. The number of aromatic nitrogens is 4. The van der Waals surface area contributed by atoms with Gasteiger partial charge in [0, 0.05) is 76.4 Å². The lowest BCUT2D eigenvalue weighted by molar-refractivity contribution is 0.0396. The first-order valence-corrected chi connectivity index (χ1v) is 17.1. The molecule has 11 heteroatoms. The van der Waals surface area contributed by atoms with E-state index in [1.807, 2.05) is 25.0 Å². The molecule has 0 aliphatic heterocycles. The molecule has 9 nitrogen and oxygen atoms in total. The maximum atomic E-state index is 7.01. The van der Waals surface area contributed by atoms with E-state index < -0.39 is 17.6 Å². The van der Waals surface area contributed by atoms with Crippen LogP contribution in [0.15, 0.2) is 37.4 Å². The first kappa shape index (κ1) is 29.9. The number of hydrogen-bond acceptors (Lipinski definition) is 7. The average molecular weight is 527 g/mol. The molecule has 0 unspecified atom stereocenters. The molecule has 0 radical (unpaired) electrons. The molecule has 200 valence electrons. The Bertz CT molecular complexity index is 671.